The molecular formula is C21H23ClN2O3. The normalized spacial score (nSPS) is 18.9. The summed E-state index contributed by atoms with van der Waals surface area (Å²) < 4.78 is 0. The number of hydrogen-bond acceptors (Lipinski definition) is 4. The lowest BCUT2D eigenvalue weighted by molar-refractivity contribution is -0.132. The van der Waals surface area contributed by atoms with Gasteiger partial charge in [0.05, 0.1) is 5.69 Å². The molecule has 142 valence electrons. The first kappa shape index (κ1) is 19.5. The van der Waals surface area contributed by atoms with Gasteiger partial charge in [0.15, 0.2) is 5.60 Å². The van der Waals surface area contributed by atoms with Crippen LogP contribution in [0.1, 0.15) is 35.3 Å². The molecule has 0 aromatic heterocycles. The number of carbonyl (C=O) groups is 2. The number of aldehydes is 1. The van der Waals surface area contributed by atoms with Crippen molar-refractivity contribution >= 4 is 29.5 Å². The number of rotatable bonds is 7. The zero-order valence-corrected chi connectivity index (χ0v) is 16.2. The van der Waals surface area contributed by atoms with E-state index >= 15 is 0 Å². The molecule has 0 saturated carbocycles. The van der Waals surface area contributed by atoms with E-state index in [1.807, 2.05) is 0 Å². The molecule has 1 atom stereocenters. The highest BCUT2D eigenvalue weighted by Gasteiger charge is 2.51. The molecule has 6 heteroatoms. The summed E-state index contributed by atoms with van der Waals surface area (Å²) in [4.78, 5) is 28.3. The summed E-state index contributed by atoms with van der Waals surface area (Å²) in [6.45, 7) is 6.95. The molecule has 0 saturated heterocycles. The number of amides is 1. The maximum Gasteiger partial charge on any atom is 0.268 e. The Hall–Kier alpha value is -2.21. The number of fused-ring (bicyclic) bond motifs is 1. The topological polar surface area (TPSA) is 60.9 Å². The molecule has 0 spiro atoms. The van der Waals surface area contributed by atoms with Crippen molar-refractivity contribution in [2.24, 2.45) is 0 Å². The summed E-state index contributed by atoms with van der Waals surface area (Å²) in [7, 11) is 0. The standard InChI is InChI=1S/C21H23ClN2O3/c1-3-23(4-2)11-12-24-19-13-15(14-25)9-10-17(19)21(27,20(24)26)16-7-5-6-8-18(16)22/h5-10,13-14,27H,3-4,11-12H2,1-2H3. The number of hydrogen-bond donors (Lipinski definition) is 1. The van der Waals surface area contributed by atoms with Gasteiger partial charge >= 0.3 is 0 Å². The molecule has 0 bridgehead atoms. The average Bonchev–Trinajstić information content (AvgIpc) is 2.90. The Balaban J connectivity index is 2.09. The summed E-state index contributed by atoms with van der Waals surface area (Å²) in [6.07, 6.45) is 0.736. The molecule has 0 aliphatic carbocycles. The molecule has 1 heterocycles. The van der Waals surface area contributed by atoms with Crippen molar-refractivity contribution in [3.8, 4) is 0 Å². The van der Waals surface area contributed by atoms with E-state index in [4.69, 9.17) is 11.6 Å². The van der Waals surface area contributed by atoms with Crippen molar-refractivity contribution in [1.29, 1.82) is 0 Å². The van der Waals surface area contributed by atoms with Crippen LogP contribution in [0, 0.1) is 0 Å². The minimum atomic E-state index is -1.86. The minimum absolute atomic E-state index is 0.323. The molecule has 27 heavy (non-hydrogen) atoms. The quantitative estimate of drug-likeness (QED) is 0.743. The first-order valence-electron chi connectivity index (χ1n) is 9.08. The van der Waals surface area contributed by atoms with Gasteiger partial charge in [0.2, 0.25) is 0 Å². The molecule has 1 aliphatic rings. The van der Waals surface area contributed by atoms with Gasteiger partial charge in [0.1, 0.15) is 6.29 Å². The molecular weight excluding hydrogens is 364 g/mol. The van der Waals surface area contributed by atoms with E-state index in [1.165, 1.54) is 0 Å². The SMILES string of the molecule is CCN(CC)CCN1C(=O)C(O)(c2ccccc2Cl)c2ccc(C=O)cc21. The first-order chi connectivity index (χ1) is 13.0. The van der Waals surface area contributed by atoms with Crippen molar-refractivity contribution in [2.75, 3.05) is 31.1 Å². The van der Waals surface area contributed by atoms with Gasteiger partial charge in [-0.05, 0) is 25.2 Å². The van der Waals surface area contributed by atoms with Gasteiger partial charge in [-0.15, -0.1) is 0 Å². The molecule has 2 aromatic carbocycles. The van der Waals surface area contributed by atoms with Crippen LogP contribution in [0.15, 0.2) is 42.5 Å². The van der Waals surface area contributed by atoms with Crippen LogP contribution in [-0.4, -0.2) is 48.4 Å². The third kappa shape index (κ3) is 3.27. The summed E-state index contributed by atoms with van der Waals surface area (Å²) in [5.41, 5.74) is -0.0527. The maximum absolute atomic E-state index is 13.3. The Morgan fingerprint density at radius 3 is 2.48 bits per heavy atom. The number of nitrogens with zero attached hydrogens (tertiary/aromatic N) is 2. The van der Waals surface area contributed by atoms with Crippen LogP contribution in [0.4, 0.5) is 5.69 Å². The fourth-order valence-corrected chi connectivity index (χ4v) is 3.86. The summed E-state index contributed by atoms with van der Waals surface area (Å²) >= 11 is 6.31. The van der Waals surface area contributed by atoms with Gasteiger partial charge in [-0.1, -0.05) is 55.8 Å². The van der Waals surface area contributed by atoms with Crippen LogP contribution < -0.4 is 4.90 Å². The van der Waals surface area contributed by atoms with E-state index in [0.717, 1.165) is 19.4 Å². The third-order valence-electron chi connectivity index (χ3n) is 5.19. The van der Waals surface area contributed by atoms with E-state index in [2.05, 4.69) is 18.7 Å². The Kier molecular flexibility index (Phi) is 5.65. The largest absolute Gasteiger partial charge is 0.372 e. The molecule has 2 aromatic rings. The third-order valence-corrected chi connectivity index (χ3v) is 5.52. The first-order valence-corrected chi connectivity index (χ1v) is 9.46. The molecule has 1 unspecified atom stereocenters. The van der Waals surface area contributed by atoms with E-state index in [-0.39, 0.29) is 0 Å². The number of likely N-dealkylation sites (N-methyl/N-ethyl adjacent to an activating group) is 1. The number of halogens is 1. The summed E-state index contributed by atoms with van der Waals surface area (Å²) in [6, 6.07) is 11.7. The lowest BCUT2D eigenvalue weighted by Crippen LogP contribution is -2.44. The second-order valence-electron chi connectivity index (χ2n) is 6.57. The van der Waals surface area contributed by atoms with Gasteiger partial charge in [-0.2, -0.15) is 0 Å². The highest BCUT2D eigenvalue weighted by Crippen LogP contribution is 2.46. The number of benzene rings is 2. The maximum atomic E-state index is 13.3. The van der Waals surface area contributed by atoms with Gasteiger partial charge in [0.25, 0.3) is 5.91 Å². The van der Waals surface area contributed by atoms with Crippen LogP contribution in [0.3, 0.4) is 0 Å². The molecule has 1 amide bonds. The lowest BCUT2D eigenvalue weighted by atomic mass is 9.87. The molecule has 3 rings (SSSR count). The number of aliphatic hydroxyl groups is 1. The molecule has 1 aliphatic heterocycles. The van der Waals surface area contributed by atoms with Crippen molar-refractivity contribution in [3.63, 3.8) is 0 Å². The van der Waals surface area contributed by atoms with E-state index in [9.17, 15) is 14.7 Å². The zero-order chi connectivity index (χ0) is 19.6. The number of anilines is 1. The van der Waals surface area contributed by atoms with Gasteiger partial charge < -0.3 is 14.9 Å². The predicted molar refractivity (Wildman–Crippen MR) is 106 cm³/mol. The van der Waals surface area contributed by atoms with Crippen molar-refractivity contribution in [1.82, 2.24) is 4.90 Å². The molecule has 5 nitrogen and oxygen atoms in total. The van der Waals surface area contributed by atoms with Crippen LogP contribution in [0.2, 0.25) is 5.02 Å². The van der Waals surface area contributed by atoms with E-state index in [1.54, 1.807) is 47.4 Å². The van der Waals surface area contributed by atoms with Gasteiger partial charge in [-0.25, -0.2) is 0 Å². The smallest absolute Gasteiger partial charge is 0.268 e. The molecule has 1 N–H and O–H groups in total. The van der Waals surface area contributed by atoms with Crippen LogP contribution >= 0.6 is 11.6 Å². The average molecular weight is 387 g/mol. The highest BCUT2D eigenvalue weighted by molar-refractivity contribution is 6.32. The number of carbonyl (C=O) groups excluding carboxylic acids is 2. The van der Waals surface area contributed by atoms with Crippen molar-refractivity contribution in [3.05, 3.63) is 64.2 Å². The fourth-order valence-electron chi connectivity index (χ4n) is 3.59. The monoisotopic (exact) mass is 386 g/mol. The summed E-state index contributed by atoms with van der Waals surface area (Å²) in [5, 5.41) is 11.8. The van der Waals surface area contributed by atoms with E-state index < -0.39 is 11.5 Å². The van der Waals surface area contributed by atoms with E-state index in [0.29, 0.717) is 40.5 Å². The fraction of sp³-hybridized carbons (Fsp3) is 0.333. The van der Waals surface area contributed by atoms with Gasteiger partial charge in [0, 0.05) is 34.8 Å². The Morgan fingerprint density at radius 1 is 1.15 bits per heavy atom. The highest BCUT2D eigenvalue weighted by atomic mass is 35.5. The minimum Gasteiger partial charge on any atom is -0.372 e. The van der Waals surface area contributed by atoms with Crippen molar-refractivity contribution < 1.29 is 14.7 Å². The molecule has 0 radical (unpaired) electrons. The zero-order valence-electron chi connectivity index (χ0n) is 15.5. The van der Waals surface area contributed by atoms with Crippen LogP contribution in [-0.2, 0) is 10.4 Å². The second kappa shape index (κ2) is 7.80. The van der Waals surface area contributed by atoms with Crippen LogP contribution in [0.5, 0.6) is 0 Å². The van der Waals surface area contributed by atoms with Crippen LogP contribution in [0.25, 0.3) is 0 Å². The Bertz CT molecular complexity index is 866. The summed E-state index contributed by atoms with van der Waals surface area (Å²) in [5.74, 6) is -0.444. The molecule has 0 fully saturated rings. The second-order valence-corrected chi connectivity index (χ2v) is 6.98. The Labute approximate surface area is 164 Å². The van der Waals surface area contributed by atoms with Crippen molar-refractivity contribution in [2.45, 2.75) is 19.4 Å². The lowest BCUT2D eigenvalue weighted by Gasteiger charge is -2.26. The Morgan fingerprint density at radius 2 is 1.85 bits per heavy atom. The van der Waals surface area contributed by atoms with Gasteiger partial charge in [-0.3, -0.25) is 9.59 Å². The predicted octanol–water partition coefficient (Wildman–Crippen LogP) is 3.08.